The van der Waals surface area contributed by atoms with Gasteiger partial charge >= 0.3 is 5.97 Å². The van der Waals surface area contributed by atoms with E-state index in [1.165, 1.54) is 0 Å². The van der Waals surface area contributed by atoms with Gasteiger partial charge in [0.2, 0.25) is 0 Å². The number of hydrogen-bond donors (Lipinski definition) is 1. The monoisotopic (exact) mass is 414 g/mol. The molecule has 0 atom stereocenters. The third-order valence-electron chi connectivity index (χ3n) is 3.68. The third kappa shape index (κ3) is 3.49. The molecular formula is C16H19BrN2O4S. The fourth-order valence-corrected chi connectivity index (χ4v) is 4.56. The summed E-state index contributed by atoms with van der Waals surface area (Å²) < 4.78 is 35.5. The first-order chi connectivity index (χ1) is 11.2. The lowest BCUT2D eigenvalue weighted by molar-refractivity contribution is 0.0514. The minimum absolute atomic E-state index is 0.0908. The van der Waals surface area contributed by atoms with Gasteiger partial charge in [0.25, 0.3) is 10.0 Å². The lowest BCUT2D eigenvalue weighted by atomic mass is 10.2. The van der Waals surface area contributed by atoms with Crippen molar-refractivity contribution in [2.75, 3.05) is 11.3 Å². The van der Waals surface area contributed by atoms with Gasteiger partial charge in [0, 0.05) is 28.5 Å². The van der Waals surface area contributed by atoms with Crippen molar-refractivity contribution in [2.45, 2.75) is 25.7 Å². The van der Waals surface area contributed by atoms with Gasteiger partial charge in [-0.3, -0.25) is 4.72 Å². The van der Waals surface area contributed by atoms with E-state index < -0.39 is 16.0 Å². The van der Waals surface area contributed by atoms with Gasteiger partial charge in [-0.2, -0.15) is 0 Å². The molecule has 0 fully saturated rings. The second-order valence-corrected chi connectivity index (χ2v) is 7.82. The van der Waals surface area contributed by atoms with Crippen molar-refractivity contribution >= 4 is 37.6 Å². The van der Waals surface area contributed by atoms with E-state index in [2.05, 4.69) is 20.7 Å². The average Bonchev–Trinajstić information content (AvgIpc) is 2.69. The third-order valence-corrected chi connectivity index (χ3v) is 5.81. The molecule has 24 heavy (non-hydrogen) atoms. The number of halogens is 1. The highest BCUT2D eigenvalue weighted by Gasteiger charge is 2.29. The molecule has 0 bridgehead atoms. The van der Waals surface area contributed by atoms with Crippen molar-refractivity contribution in [3.05, 3.63) is 45.7 Å². The molecule has 6 nitrogen and oxygen atoms in total. The zero-order valence-corrected chi connectivity index (χ0v) is 16.3. The van der Waals surface area contributed by atoms with Gasteiger partial charge in [-0.1, -0.05) is 22.0 Å². The number of benzene rings is 1. The molecule has 0 amide bonds. The van der Waals surface area contributed by atoms with Crippen molar-refractivity contribution in [3.8, 4) is 0 Å². The van der Waals surface area contributed by atoms with Gasteiger partial charge in [-0.05, 0) is 39.0 Å². The summed E-state index contributed by atoms with van der Waals surface area (Å²) in [6.07, 6.45) is 0. The summed E-state index contributed by atoms with van der Waals surface area (Å²) >= 11 is 3.31. The van der Waals surface area contributed by atoms with Crippen LogP contribution in [0.4, 0.5) is 5.69 Å². The van der Waals surface area contributed by atoms with E-state index >= 15 is 0 Å². The molecule has 0 spiro atoms. The minimum Gasteiger partial charge on any atom is -0.461 e. The van der Waals surface area contributed by atoms with E-state index in [0.717, 1.165) is 4.47 Å². The van der Waals surface area contributed by atoms with E-state index in [1.807, 2.05) is 0 Å². The highest BCUT2D eigenvalue weighted by molar-refractivity contribution is 9.10. The standard InChI is InChI=1S/C16H19BrN2O4S/c1-5-23-16(20)14-10(2)15(11(3)19(14)4)24(21,22)18-13-8-6-7-12(17)9-13/h6-9,18H,5H2,1-4H3. The van der Waals surface area contributed by atoms with Crippen LogP contribution in [0.3, 0.4) is 0 Å². The summed E-state index contributed by atoms with van der Waals surface area (Å²) in [5.41, 5.74) is 1.52. The summed E-state index contributed by atoms with van der Waals surface area (Å²) in [4.78, 5) is 12.2. The maximum absolute atomic E-state index is 12.8. The fraction of sp³-hybridized carbons (Fsp3) is 0.312. The number of nitrogens with one attached hydrogen (secondary N) is 1. The number of sulfonamides is 1. The highest BCUT2D eigenvalue weighted by Crippen LogP contribution is 2.28. The van der Waals surface area contributed by atoms with E-state index in [1.54, 1.807) is 56.7 Å². The van der Waals surface area contributed by atoms with Crippen molar-refractivity contribution in [3.63, 3.8) is 0 Å². The summed E-state index contributed by atoms with van der Waals surface area (Å²) in [6.45, 7) is 5.19. The number of esters is 1. The van der Waals surface area contributed by atoms with Gasteiger partial charge in [0.05, 0.1) is 6.61 Å². The number of carbonyl (C=O) groups excluding carboxylic acids is 1. The molecule has 0 saturated carbocycles. The van der Waals surface area contributed by atoms with E-state index in [9.17, 15) is 13.2 Å². The van der Waals surface area contributed by atoms with Gasteiger partial charge in [-0.25, -0.2) is 13.2 Å². The Balaban J connectivity index is 2.51. The fourth-order valence-electron chi connectivity index (χ4n) is 2.59. The number of aromatic nitrogens is 1. The number of anilines is 1. The van der Waals surface area contributed by atoms with Gasteiger partial charge < -0.3 is 9.30 Å². The van der Waals surface area contributed by atoms with Crippen LogP contribution in [0.2, 0.25) is 0 Å². The van der Waals surface area contributed by atoms with E-state index in [-0.39, 0.29) is 17.2 Å². The Labute approximate surface area is 150 Å². The number of carbonyl (C=O) groups is 1. The normalized spacial score (nSPS) is 11.4. The van der Waals surface area contributed by atoms with Crippen molar-refractivity contribution in [1.29, 1.82) is 0 Å². The average molecular weight is 415 g/mol. The molecule has 1 heterocycles. The molecule has 0 aliphatic carbocycles. The molecule has 1 aromatic heterocycles. The van der Waals surface area contributed by atoms with Crippen molar-refractivity contribution in [2.24, 2.45) is 7.05 Å². The summed E-state index contributed by atoms with van der Waals surface area (Å²) in [5, 5.41) is 0. The molecule has 2 aromatic rings. The lowest BCUT2D eigenvalue weighted by Crippen LogP contribution is -2.15. The molecular weight excluding hydrogens is 396 g/mol. The summed E-state index contributed by atoms with van der Waals surface area (Å²) in [6, 6.07) is 6.85. The molecule has 1 aromatic carbocycles. The molecule has 0 saturated heterocycles. The number of ether oxygens (including phenoxy) is 1. The van der Waals surface area contributed by atoms with Crippen molar-refractivity contribution < 1.29 is 17.9 Å². The summed E-state index contributed by atoms with van der Waals surface area (Å²) in [5.74, 6) is -0.537. The molecule has 0 radical (unpaired) electrons. The van der Waals surface area contributed by atoms with Crippen LogP contribution in [0.1, 0.15) is 28.7 Å². The highest BCUT2D eigenvalue weighted by atomic mass is 79.9. The smallest absolute Gasteiger partial charge is 0.355 e. The Morgan fingerprint density at radius 3 is 2.58 bits per heavy atom. The van der Waals surface area contributed by atoms with Crippen molar-refractivity contribution in [1.82, 2.24) is 4.57 Å². The molecule has 0 aliphatic rings. The Kier molecular flexibility index (Phi) is 5.39. The predicted octanol–water partition coefficient (Wildman–Crippen LogP) is 3.38. The quantitative estimate of drug-likeness (QED) is 0.760. The van der Waals surface area contributed by atoms with Crippen LogP contribution in [0, 0.1) is 13.8 Å². The molecule has 0 aliphatic heterocycles. The Bertz CT molecular complexity index is 888. The van der Waals surface area contributed by atoms with E-state index in [4.69, 9.17) is 4.74 Å². The van der Waals surface area contributed by atoms with Crippen LogP contribution < -0.4 is 4.72 Å². The maximum Gasteiger partial charge on any atom is 0.355 e. The van der Waals surface area contributed by atoms with Gasteiger partial charge in [0.1, 0.15) is 10.6 Å². The first-order valence-corrected chi connectivity index (χ1v) is 9.58. The zero-order chi connectivity index (χ0) is 18.1. The predicted molar refractivity (Wildman–Crippen MR) is 95.8 cm³/mol. The van der Waals surface area contributed by atoms with Crippen LogP contribution in [0.15, 0.2) is 33.6 Å². The molecule has 8 heteroatoms. The van der Waals surface area contributed by atoms with Crippen LogP contribution in [-0.4, -0.2) is 25.6 Å². The first-order valence-electron chi connectivity index (χ1n) is 7.30. The SMILES string of the molecule is CCOC(=O)c1c(C)c(S(=O)(=O)Nc2cccc(Br)c2)c(C)n1C. The van der Waals surface area contributed by atoms with Crippen LogP contribution >= 0.6 is 15.9 Å². The Morgan fingerprint density at radius 1 is 1.33 bits per heavy atom. The second-order valence-electron chi connectivity index (χ2n) is 5.28. The van der Waals surface area contributed by atoms with Crippen LogP contribution in [-0.2, 0) is 21.8 Å². The number of rotatable bonds is 5. The molecule has 0 unspecified atom stereocenters. The first kappa shape index (κ1) is 18.5. The topological polar surface area (TPSA) is 77.4 Å². The Hall–Kier alpha value is -1.80. The van der Waals surface area contributed by atoms with E-state index in [0.29, 0.717) is 16.9 Å². The number of nitrogens with zero attached hydrogens (tertiary/aromatic N) is 1. The zero-order valence-electron chi connectivity index (χ0n) is 13.9. The largest absolute Gasteiger partial charge is 0.461 e. The molecule has 2 rings (SSSR count). The second kappa shape index (κ2) is 6.98. The molecule has 1 N–H and O–H groups in total. The van der Waals surface area contributed by atoms with Gasteiger partial charge in [-0.15, -0.1) is 0 Å². The maximum atomic E-state index is 12.8. The minimum atomic E-state index is -3.84. The lowest BCUT2D eigenvalue weighted by Gasteiger charge is -2.09. The van der Waals surface area contributed by atoms with Gasteiger partial charge in [0.15, 0.2) is 0 Å². The Morgan fingerprint density at radius 2 is 2.00 bits per heavy atom. The van der Waals surface area contributed by atoms with Crippen LogP contribution in [0.25, 0.3) is 0 Å². The number of hydrogen-bond acceptors (Lipinski definition) is 4. The molecule has 130 valence electrons. The summed E-state index contributed by atoms with van der Waals surface area (Å²) in [7, 11) is -2.20. The van der Waals surface area contributed by atoms with Crippen LogP contribution in [0.5, 0.6) is 0 Å².